The molecule has 2 nitrogen and oxygen atoms in total. The summed E-state index contributed by atoms with van der Waals surface area (Å²) in [5.41, 5.74) is 0. The maximum Gasteiger partial charge on any atom is 0.0594 e. The van der Waals surface area contributed by atoms with Crippen LogP contribution in [0.1, 0.15) is 51.4 Å². The fourth-order valence-corrected chi connectivity index (χ4v) is 2.33. The Hall–Kier alpha value is -0.0800. The van der Waals surface area contributed by atoms with E-state index in [9.17, 15) is 0 Å². The van der Waals surface area contributed by atoms with Crippen molar-refractivity contribution in [1.29, 1.82) is 0 Å². The average Bonchev–Trinajstić information content (AvgIpc) is 2.16. The minimum atomic E-state index is 0.576. The summed E-state index contributed by atoms with van der Waals surface area (Å²) in [4.78, 5) is 0. The molecule has 2 rings (SSSR count). The Morgan fingerprint density at radius 1 is 0.929 bits per heavy atom. The van der Waals surface area contributed by atoms with Crippen molar-refractivity contribution in [2.24, 2.45) is 0 Å². The molecule has 2 aliphatic carbocycles. The molecule has 82 valence electrons. The van der Waals surface area contributed by atoms with Gasteiger partial charge in [0, 0.05) is 12.6 Å². The second-order valence-corrected chi connectivity index (χ2v) is 4.71. The molecule has 0 aromatic heterocycles. The van der Waals surface area contributed by atoms with Gasteiger partial charge in [-0.05, 0) is 25.7 Å². The Bertz CT molecular complexity index is 150. The third kappa shape index (κ3) is 3.25. The molecule has 0 saturated heterocycles. The number of rotatable bonds is 5. The highest BCUT2D eigenvalue weighted by molar-refractivity contribution is 4.76. The first kappa shape index (κ1) is 10.4. The average molecular weight is 197 g/mol. The van der Waals surface area contributed by atoms with Crippen LogP contribution < -0.4 is 5.32 Å². The summed E-state index contributed by atoms with van der Waals surface area (Å²) in [6.07, 6.45) is 11.5. The molecule has 14 heavy (non-hydrogen) atoms. The van der Waals surface area contributed by atoms with Gasteiger partial charge in [-0.1, -0.05) is 25.7 Å². The summed E-state index contributed by atoms with van der Waals surface area (Å²) in [7, 11) is 0. The summed E-state index contributed by atoms with van der Waals surface area (Å²) < 4.78 is 5.84. The van der Waals surface area contributed by atoms with Crippen LogP contribution in [0.15, 0.2) is 0 Å². The molecule has 0 bridgehead atoms. The lowest BCUT2D eigenvalue weighted by Gasteiger charge is -2.27. The number of ether oxygens (including phenoxy) is 1. The predicted molar refractivity (Wildman–Crippen MR) is 58.5 cm³/mol. The van der Waals surface area contributed by atoms with E-state index in [1.807, 2.05) is 0 Å². The normalized spacial score (nSPS) is 24.9. The fourth-order valence-electron chi connectivity index (χ4n) is 2.33. The van der Waals surface area contributed by atoms with Crippen LogP contribution in [0.2, 0.25) is 0 Å². The summed E-state index contributed by atoms with van der Waals surface area (Å²) in [6, 6.07) is 0.810. The van der Waals surface area contributed by atoms with Crippen molar-refractivity contribution >= 4 is 0 Å². The lowest BCUT2D eigenvalue weighted by molar-refractivity contribution is 0.0284. The summed E-state index contributed by atoms with van der Waals surface area (Å²) in [6.45, 7) is 1.97. The van der Waals surface area contributed by atoms with Crippen molar-refractivity contribution in [3.8, 4) is 0 Å². The molecular formula is C12H23NO. The summed E-state index contributed by atoms with van der Waals surface area (Å²) in [5.74, 6) is 0. The highest BCUT2D eigenvalue weighted by Crippen LogP contribution is 2.20. The van der Waals surface area contributed by atoms with Crippen LogP contribution in [0.25, 0.3) is 0 Å². The van der Waals surface area contributed by atoms with Gasteiger partial charge in [-0.2, -0.15) is 0 Å². The molecule has 0 spiro atoms. The van der Waals surface area contributed by atoms with E-state index in [1.54, 1.807) is 0 Å². The predicted octanol–water partition coefficient (Wildman–Crippen LogP) is 2.48. The van der Waals surface area contributed by atoms with Gasteiger partial charge in [-0.3, -0.25) is 0 Å². The lowest BCUT2D eigenvalue weighted by Crippen LogP contribution is -2.37. The largest absolute Gasteiger partial charge is 0.377 e. The Kier molecular flexibility index (Phi) is 4.26. The third-order valence-corrected chi connectivity index (χ3v) is 3.55. The van der Waals surface area contributed by atoms with E-state index in [0.29, 0.717) is 6.10 Å². The van der Waals surface area contributed by atoms with Crippen molar-refractivity contribution in [2.75, 3.05) is 13.2 Å². The molecule has 0 aliphatic heterocycles. The van der Waals surface area contributed by atoms with Crippen molar-refractivity contribution in [3.05, 3.63) is 0 Å². The van der Waals surface area contributed by atoms with Crippen LogP contribution in [0.4, 0.5) is 0 Å². The van der Waals surface area contributed by atoms with Crippen molar-refractivity contribution in [1.82, 2.24) is 5.32 Å². The van der Waals surface area contributed by atoms with E-state index >= 15 is 0 Å². The van der Waals surface area contributed by atoms with Crippen molar-refractivity contribution in [3.63, 3.8) is 0 Å². The lowest BCUT2D eigenvalue weighted by atomic mass is 9.93. The second-order valence-electron chi connectivity index (χ2n) is 4.71. The second kappa shape index (κ2) is 5.72. The van der Waals surface area contributed by atoms with Crippen LogP contribution in [0, 0.1) is 0 Å². The van der Waals surface area contributed by atoms with Gasteiger partial charge in [0.15, 0.2) is 0 Å². The van der Waals surface area contributed by atoms with E-state index in [2.05, 4.69) is 5.32 Å². The van der Waals surface area contributed by atoms with Gasteiger partial charge in [-0.25, -0.2) is 0 Å². The zero-order valence-electron chi connectivity index (χ0n) is 9.13. The van der Waals surface area contributed by atoms with Crippen molar-refractivity contribution < 1.29 is 4.74 Å². The van der Waals surface area contributed by atoms with Gasteiger partial charge in [0.1, 0.15) is 0 Å². The van der Waals surface area contributed by atoms with Gasteiger partial charge in [-0.15, -0.1) is 0 Å². The maximum absolute atomic E-state index is 5.84. The Labute approximate surface area is 87.4 Å². The summed E-state index contributed by atoms with van der Waals surface area (Å²) in [5, 5.41) is 3.53. The Morgan fingerprint density at radius 3 is 2.36 bits per heavy atom. The first-order valence-corrected chi connectivity index (χ1v) is 6.30. The van der Waals surface area contributed by atoms with Gasteiger partial charge in [0.25, 0.3) is 0 Å². The molecule has 2 fully saturated rings. The smallest absolute Gasteiger partial charge is 0.0594 e. The molecule has 0 heterocycles. The van der Waals surface area contributed by atoms with E-state index < -0.39 is 0 Å². The fraction of sp³-hybridized carbons (Fsp3) is 1.00. The molecule has 1 N–H and O–H groups in total. The third-order valence-electron chi connectivity index (χ3n) is 3.55. The van der Waals surface area contributed by atoms with Gasteiger partial charge >= 0.3 is 0 Å². The Balaban J connectivity index is 1.45. The first-order chi connectivity index (χ1) is 6.95. The molecule has 0 aromatic carbocycles. The number of hydrogen-bond acceptors (Lipinski definition) is 2. The quantitative estimate of drug-likeness (QED) is 0.684. The van der Waals surface area contributed by atoms with Crippen LogP contribution in [-0.2, 0) is 4.74 Å². The van der Waals surface area contributed by atoms with Gasteiger partial charge < -0.3 is 10.1 Å². The van der Waals surface area contributed by atoms with Crippen LogP contribution in [0.5, 0.6) is 0 Å². The van der Waals surface area contributed by atoms with E-state index in [-0.39, 0.29) is 0 Å². The topological polar surface area (TPSA) is 21.3 Å². The molecule has 0 unspecified atom stereocenters. The highest BCUT2D eigenvalue weighted by atomic mass is 16.5. The minimum absolute atomic E-state index is 0.576. The number of hydrogen-bond donors (Lipinski definition) is 1. The van der Waals surface area contributed by atoms with E-state index in [1.165, 1.54) is 51.4 Å². The SMILES string of the molecule is C1CCC(OCCNC2CCC2)CC1. The van der Waals surface area contributed by atoms with E-state index in [4.69, 9.17) is 4.74 Å². The molecule has 0 radical (unpaired) electrons. The minimum Gasteiger partial charge on any atom is -0.377 e. The highest BCUT2D eigenvalue weighted by Gasteiger charge is 2.16. The summed E-state index contributed by atoms with van der Waals surface area (Å²) >= 11 is 0. The van der Waals surface area contributed by atoms with Crippen molar-refractivity contribution in [2.45, 2.75) is 63.5 Å². The standard InChI is InChI=1S/C12H23NO/c1-2-7-12(8-3-1)14-10-9-13-11-5-4-6-11/h11-13H,1-10H2. The Morgan fingerprint density at radius 2 is 1.71 bits per heavy atom. The van der Waals surface area contributed by atoms with Gasteiger partial charge in [0.05, 0.1) is 12.7 Å². The molecule has 2 aliphatic rings. The molecule has 0 atom stereocenters. The van der Waals surface area contributed by atoms with Gasteiger partial charge in [0.2, 0.25) is 0 Å². The zero-order valence-corrected chi connectivity index (χ0v) is 9.13. The van der Waals surface area contributed by atoms with Crippen LogP contribution in [0.3, 0.4) is 0 Å². The molecule has 2 heteroatoms. The van der Waals surface area contributed by atoms with Crippen LogP contribution in [-0.4, -0.2) is 25.3 Å². The molecular weight excluding hydrogens is 174 g/mol. The molecule has 2 saturated carbocycles. The zero-order chi connectivity index (χ0) is 9.64. The monoisotopic (exact) mass is 197 g/mol. The van der Waals surface area contributed by atoms with E-state index in [0.717, 1.165) is 19.2 Å². The maximum atomic E-state index is 5.84. The first-order valence-electron chi connectivity index (χ1n) is 6.30. The van der Waals surface area contributed by atoms with Crippen LogP contribution >= 0.6 is 0 Å². The number of nitrogens with one attached hydrogen (secondary N) is 1. The molecule has 0 aromatic rings. The molecule has 0 amide bonds.